The van der Waals surface area contributed by atoms with E-state index in [1.807, 2.05) is 0 Å². The minimum absolute atomic E-state index is 0.123. The molecule has 6 heteroatoms. The topological polar surface area (TPSA) is 37.8 Å². The molecule has 2 rings (SSSR count). The Morgan fingerprint density at radius 2 is 1.84 bits per heavy atom. The van der Waals surface area contributed by atoms with E-state index in [0.717, 1.165) is 5.56 Å². The van der Waals surface area contributed by atoms with Crippen LogP contribution in [0.3, 0.4) is 0 Å². The molecule has 1 aromatic carbocycles. The van der Waals surface area contributed by atoms with Gasteiger partial charge in [-0.05, 0) is 42.1 Å². The second-order valence-electron chi connectivity index (χ2n) is 4.23. The van der Waals surface area contributed by atoms with Gasteiger partial charge in [-0.15, -0.1) is 0 Å². The number of aromatic nitrogens is 2. The van der Waals surface area contributed by atoms with Crippen LogP contribution in [0.2, 0.25) is 10.3 Å². The van der Waals surface area contributed by atoms with Crippen LogP contribution in [0, 0.1) is 19.7 Å². The van der Waals surface area contributed by atoms with Gasteiger partial charge >= 0.3 is 0 Å². The fourth-order valence-corrected chi connectivity index (χ4v) is 2.08. The van der Waals surface area contributed by atoms with E-state index in [9.17, 15) is 4.39 Å². The zero-order chi connectivity index (χ0) is 14.0. The number of hydrogen-bond donors (Lipinski definition) is 1. The van der Waals surface area contributed by atoms with Gasteiger partial charge in [-0.2, -0.15) is 4.98 Å². The average Bonchev–Trinajstić information content (AvgIpc) is 2.37. The number of benzene rings is 1. The summed E-state index contributed by atoms with van der Waals surface area (Å²) in [6.07, 6.45) is 1.43. The lowest BCUT2D eigenvalue weighted by molar-refractivity contribution is 0.608. The molecular formula is C13H12Cl2FN3. The summed E-state index contributed by atoms with van der Waals surface area (Å²) in [6, 6.07) is 3.57. The van der Waals surface area contributed by atoms with E-state index in [2.05, 4.69) is 15.3 Å². The monoisotopic (exact) mass is 299 g/mol. The molecule has 0 bridgehead atoms. The van der Waals surface area contributed by atoms with E-state index in [4.69, 9.17) is 23.2 Å². The van der Waals surface area contributed by atoms with E-state index < -0.39 is 0 Å². The predicted molar refractivity (Wildman–Crippen MR) is 75.3 cm³/mol. The Kier molecular flexibility index (Phi) is 4.22. The predicted octanol–water partition coefficient (Wildman–Crippen LogP) is 4.15. The molecule has 0 unspecified atom stereocenters. The van der Waals surface area contributed by atoms with E-state index >= 15 is 0 Å². The fourth-order valence-electron chi connectivity index (χ4n) is 1.79. The lowest BCUT2D eigenvalue weighted by Crippen LogP contribution is -2.04. The molecule has 0 saturated heterocycles. The first-order valence-corrected chi connectivity index (χ1v) is 6.40. The van der Waals surface area contributed by atoms with Crippen LogP contribution in [0.5, 0.6) is 0 Å². The van der Waals surface area contributed by atoms with Gasteiger partial charge < -0.3 is 5.32 Å². The van der Waals surface area contributed by atoms with Crippen LogP contribution >= 0.6 is 23.2 Å². The van der Waals surface area contributed by atoms with Crippen molar-refractivity contribution in [3.8, 4) is 0 Å². The maximum absolute atomic E-state index is 13.5. The Balaban J connectivity index is 2.17. The standard InChI is InChI=1S/C13H12Cl2FN3/c1-7-3-9(4-8(2)11(7)16)5-17-12-10(14)6-18-13(15)19-12/h3-4,6H,5H2,1-2H3,(H,17,18,19). The first kappa shape index (κ1) is 14.0. The van der Waals surface area contributed by atoms with Crippen molar-refractivity contribution in [2.75, 3.05) is 5.32 Å². The second-order valence-corrected chi connectivity index (χ2v) is 4.98. The lowest BCUT2D eigenvalue weighted by Gasteiger charge is -2.10. The second kappa shape index (κ2) is 5.72. The summed E-state index contributed by atoms with van der Waals surface area (Å²) in [5, 5.41) is 3.57. The van der Waals surface area contributed by atoms with Crippen LogP contribution in [0.1, 0.15) is 16.7 Å². The van der Waals surface area contributed by atoms with Crippen molar-refractivity contribution in [3.63, 3.8) is 0 Å². The van der Waals surface area contributed by atoms with Crippen LogP contribution in [-0.4, -0.2) is 9.97 Å². The molecule has 1 aromatic heterocycles. The van der Waals surface area contributed by atoms with Crippen molar-refractivity contribution >= 4 is 29.0 Å². The highest BCUT2D eigenvalue weighted by Crippen LogP contribution is 2.21. The number of nitrogens with zero attached hydrogens (tertiary/aromatic N) is 2. The molecule has 0 aliphatic carbocycles. The SMILES string of the molecule is Cc1cc(CNc2nc(Cl)ncc2Cl)cc(C)c1F. The summed E-state index contributed by atoms with van der Waals surface area (Å²) < 4.78 is 13.5. The van der Waals surface area contributed by atoms with Gasteiger partial charge in [-0.3, -0.25) is 0 Å². The van der Waals surface area contributed by atoms with Gasteiger partial charge in [-0.1, -0.05) is 23.7 Å². The van der Waals surface area contributed by atoms with E-state index in [1.54, 1.807) is 26.0 Å². The number of rotatable bonds is 3. The van der Waals surface area contributed by atoms with Crippen molar-refractivity contribution in [1.29, 1.82) is 0 Å². The quantitative estimate of drug-likeness (QED) is 0.865. The van der Waals surface area contributed by atoms with Crippen LogP contribution in [0.25, 0.3) is 0 Å². The average molecular weight is 300 g/mol. The summed E-state index contributed by atoms with van der Waals surface area (Å²) in [6.45, 7) is 3.95. The van der Waals surface area contributed by atoms with Gasteiger partial charge in [0.05, 0.1) is 6.20 Å². The van der Waals surface area contributed by atoms with Gasteiger partial charge in [0.15, 0.2) is 0 Å². The molecule has 3 nitrogen and oxygen atoms in total. The molecule has 2 aromatic rings. The van der Waals surface area contributed by atoms with Crippen LogP contribution in [-0.2, 0) is 6.54 Å². The summed E-state index contributed by atoms with van der Waals surface area (Å²) in [7, 11) is 0. The van der Waals surface area contributed by atoms with E-state index in [-0.39, 0.29) is 11.1 Å². The largest absolute Gasteiger partial charge is 0.365 e. The minimum Gasteiger partial charge on any atom is -0.365 e. The summed E-state index contributed by atoms with van der Waals surface area (Å²) in [5.74, 6) is 0.285. The molecule has 0 aliphatic heterocycles. The first-order valence-electron chi connectivity index (χ1n) is 5.65. The number of hydrogen-bond acceptors (Lipinski definition) is 3. The van der Waals surface area contributed by atoms with Gasteiger partial charge in [0.2, 0.25) is 5.28 Å². The maximum Gasteiger partial charge on any atom is 0.224 e. The van der Waals surface area contributed by atoms with E-state index in [1.165, 1.54) is 6.20 Å². The minimum atomic E-state index is -0.174. The van der Waals surface area contributed by atoms with Crippen molar-refractivity contribution in [2.45, 2.75) is 20.4 Å². The molecule has 0 atom stereocenters. The zero-order valence-corrected chi connectivity index (χ0v) is 12.0. The van der Waals surface area contributed by atoms with Crippen LogP contribution in [0.4, 0.5) is 10.2 Å². The number of nitrogens with one attached hydrogen (secondary N) is 1. The fraction of sp³-hybridized carbons (Fsp3) is 0.231. The normalized spacial score (nSPS) is 10.6. The smallest absolute Gasteiger partial charge is 0.224 e. The molecule has 1 N–H and O–H groups in total. The first-order chi connectivity index (χ1) is 8.97. The van der Waals surface area contributed by atoms with Crippen LogP contribution in [0.15, 0.2) is 18.3 Å². The summed E-state index contributed by atoms with van der Waals surface area (Å²) in [5.41, 5.74) is 2.18. The number of aryl methyl sites for hydroxylation is 2. The van der Waals surface area contributed by atoms with Gasteiger partial charge in [-0.25, -0.2) is 9.37 Å². The highest BCUT2D eigenvalue weighted by atomic mass is 35.5. The Labute approximate surface area is 120 Å². The number of anilines is 1. The summed E-state index contributed by atoms with van der Waals surface area (Å²) in [4.78, 5) is 7.75. The summed E-state index contributed by atoms with van der Waals surface area (Å²) >= 11 is 11.6. The Bertz CT molecular complexity index is 594. The van der Waals surface area contributed by atoms with Crippen molar-refractivity contribution in [2.24, 2.45) is 0 Å². The molecule has 0 spiro atoms. The molecule has 1 heterocycles. The van der Waals surface area contributed by atoms with Gasteiger partial charge in [0, 0.05) is 6.54 Å². The maximum atomic E-state index is 13.5. The molecule has 19 heavy (non-hydrogen) atoms. The molecule has 100 valence electrons. The third kappa shape index (κ3) is 3.33. The van der Waals surface area contributed by atoms with Crippen molar-refractivity contribution in [3.05, 3.63) is 51.1 Å². The third-order valence-electron chi connectivity index (χ3n) is 2.67. The highest BCUT2D eigenvalue weighted by Gasteiger charge is 2.07. The molecular weight excluding hydrogens is 288 g/mol. The Morgan fingerprint density at radius 3 is 2.47 bits per heavy atom. The molecule has 0 saturated carbocycles. The Morgan fingerprint density at radius 1 is 1.21 bits per heavy atom. The van der Waals surface area contributed by atoms with Gasteiger partial charge in [0.1, 0.15) is 16.7 Å². The van der Waals surface area contributed by atoms with Crippen molar-refractivity contribution in [1.82, 2.24) is 9.97 Å². The lowest BCUT2D eigenvalue weighted by atomic mass is 10.1. The molecule has 0 amide bonds. The highest BCUT2D eigenvalue weighted by molar-refractivity contribution is 6.33. The molecule has 0 fully saturated rings. The van der Waals surface area contributed by atoms with Crippen LogP contribution < -0.4 is 5.32 Å². The molecule has 0 aliphatic rings. The molecule has 0 radical (unpaired) electrons. The third-order valence-corrected chi connectivity index (χ3v) is 3.13. The van der Waals surface area contributed by atoms with Gasteiger partial charge in [0.25, 0.3) is 0 Å². The van der Waals surface area contributed by atoms with E-state index in [0.29, 0.717) is 28.5 Å². The zero-order valence-electron chi connectivity index (χ0n) is 10.5. The number of halogens is 3. The van der Waals surface area contributed by atoms with Crippen molar-refractivity contribution < 1.29 is 4.39 Å². The Hall–Kier alpha value is -1.39.